The second-order valence-electron chi connectivity index (χ2n) is 6.10. The first-order chi connectivity index (χ1) is 13.7. The zero-order valence-corrected chi connectivity index (χ0v) is 16.0. The number of hydrogen-bond acceptors (Lipinski definition) is 6. The van der Waals surface area contributed by atoms with Gasteiger partial charge in [-0.3, -0.25) is 4.79 Å². The third-order valence-corrected chi connectivity index (χ3v) is 4.04. The molecule has 0 atom stereocenters. The number of rotatable bonds is 9. The number of hydrogen-bond donors (Lipinski definition) is 1. The smallest absolute Gasteiger partial charge is 0.256 e. The molecule has 0 unspecified atom stereocenters. The maximum Gasteiger partial charge on any atom is 0.256 e. The molecule has 0 spiro atoms. The van der Waals surface area contributed by atoms with Gasteiger partial charge in [0.05, 0.1) is 13.2 Å². The number of aromatic nitrogens is 2. The van der Waals surface area contributed by atoms with Gasteiger partial charge in [-0.15, -0.1) is 0 Å². The molecule has 0 aliphatic heterocycles. The molecule has 0 saturated carbocycles. The summed E-state index contributed by atoms with van der Waals surface area (Å²) in [6.07, 6.45) is 2.09. The van der Waals surface area contributed by atoms with Crippen LogP contribution < -0.4 is 14.8 Å². The summed E-state index contributed by atoms with van der Waals surface area (Å²) in [5.74, 6) is 1.45. The third kappa shape index (κ3) is 4.88. The van der Waals surface area contributed by atoms with E-state index in [-0.39, 0.29) is 11.7 Å². The van der Waals surface area contributed by atoms with Crippen LogP contribution in [0.25, 0.3) is 11.3 Å². The molecule has 0 bridgehead atoms. The zero-order chi connectivity index (χ0) is 19.8. The number of amides is 1. The van der Waals surface area contributed by atoms with Gasteiger partial charge in [0, 0.05) is 11.1 Å². The van der Waals surface area contributed by atoms with Crippen LogP contribution in [0.3, 0.4) is 0 Å². The highest BCUT2D eigenvalue weighted by Crippen LogP contribution is 2.27. The van der Waals surface area contributed by atoms with E-state index in [0.29, 0.717) is 30.2 Å². The lowest BCUT2D eigenvalue weighted by Crippen LogP contribution is -2.12. The van der Waals surface area contributed by atoms with Gasteiger partial charge in [-0.25, -0.2) is 4.63 Å². The Morgan fingerprint density at radius 2 is 1.64 bits per heavy atom. The summed E-state index contributed by atoms with van der Waals surface area (Å²) in [4.78, 5) is 12.5. The monoisotopic (exact) mass is 381 g/mol. The molecule has 1 heterocycles. The molecule has 28 heavy (non-hydrogen) atoms. The lowest BCUT2D eigenvalue weighted by atomic mass is 10.1. The van der Waals surface area contributed by atoms with Crippen LogP contribution >= 0.6 is 0 Å². The number of nitrogens with one attached hydrogen (secondary N) is 1. The fraction of sp³-hybridized carbons (Fsp3) is 0.286. The lowest BCUT2D eigenvalue weighted by molar-refractivity contribution is 0.102. The summed E-state index contributed by atoms with van der Waals surface area (Å²) in [5, 5.41) is 10.5. The van der Waals surface area contributed by atoms with E-state index < -0.39 is 0 Å². The standard InChI is InChI=1S/C21H23N3O4/c1-3-5-14-27-18-10-6-15(7-11-18)19-20(24-28-23-19)22-21(25)16-8-12-17(13-9-16)26-4-2/h6-13H,3-5,14H2,1-2H3,(H,22,24,25). The van der Waals surface area contributed by atoms with Crippen LogP contribution in [0, 0.1) is 0 Å². The van der Waals surface area contributed by atoms with E-state index in [0.717, 1.165) is 24.2 Å². The third-order valence-electron chi connectivity index (χ3n) is 4.04. The van der Waals surface area contributed by atoms with E-state index in [1.807, 2.05) is 31.2 Å². The van der Waals surface area contributed by atoms with Crippen molar-refractivity contribution in [3.05, 3.63) is 54.1 Å². The molecule has 3 rings (SSSR count). The molecule has 2 aromatic carbocycles. The second-order valence-corrected chi connectivity index (χ2v) is 6.10. The average Bonchev–Trinajstić information content (AvgIpc) is 3.17. The quantitative estimate of drug-likeness (QED) is 0.547. The van der Waals surface area contributed by atoms with E-state index in [4.69, 9.17) is 14.1 Å². The van der Waals surface area contributed by atoms with Gasteiger partial charge in [0.25, 0.3) is 5.91 Å². The summed E-state index contributed by atoms with van der Waals surface area (Å²) in [5.41, 5.74) is 1.71. The largest absolute Gasteiger partial charge is 0.494 e. The van der Waals surface area contributed by atoms with Crippen molar-refractivity contribution in [3.8, 4) is 22.8 Å². The van der Waals surface area contributed by atoms with Crippen molar-refractivity contribution in [1.29, 1.82) is 0 Å². The number of benzene rings is 2. The van der Waals surface area contributed by atoms with Crippen molar-refractivity contribution in [2.45, 2.75) is 26.7 Å². The minimum Gasteiger partial charge on any atom is -0.494 e. The Balaban J connectivity index is 1.68. The number of nitrogens with zero attached hydrogens (tertiary/aromatic N) is 2. The zero-order valence-electron chi connectivity index (χ0n) is 16.0. The molecule has 7 nitrogen and oxygen atoms in total. The number of ether oxygens (including phenoxy) is 2. The topological polar surface area (TPSA) is 86.5 Å². The molecular weight excluding hydrogens is 358 g/mol. The van der Waals surface area contributed by atoms with E-state index in [1.165, 1.54) is 0 Å². The van der Waals surface area contributed by atoms with E-state index in [9.17, 15) is 4.79 Å². The number of carbonyl (C=O) groups is 1. The average molecular weight is 381 g/mol. The van der Waals surface area contributed by atoms with E-state index >= 15 is 0 Å². The molecular formula is C21H23N3O4. The van der Waals surface area contributed by atoms with Crippen LogP contribution in [0.2, 0.25) is 0 Å². The Morgan fingerprint density at radius 1 is 0.964 bits per heavy atom. The van der Waals surface area contributed by atoms with Gasteiger partial charge >= 0.3 is 0 Å². The van der Waals surface area contributed by atoms with Crippen LogP contribution in [-0.2, 0) is 0 Å². The van der Waals surface area contributed by atoms with Gasteiger partial charge < -0.3 is 14.8 Å². The molecule has 0 fully saturated rings. The van der Waals surface area contributed by atoms with Crippen LogP contribution in [0.1, 0.15) is 37.0 Å². The first kappa shape index (κ1) is 19.4. The minimum absolute atomic E-state index is 0.263. The maximum atomic E-state index is 12.5. The molecule has 0 aliphatic rings. The number of anilines is 1. The molecule has 1 aromatic heterocycles. The van der Waals surface area contributed by atoms with Crippen molar-refractivity contribution in [2.75, 3.05) is 18.5 Å². The van der Waals surface area contributed by atoms with Crippen molar-refractivity contribution in [1.82, 2.24) is 10.3 Å². The molecule has 146 valence electrons. The first-order valence-corrected chi connectivity index (χ1v) is 9.31. The molecule has 0 aliphatic carbocycles. The van der Waals surface area contributed by atoms with Crippen molar-refractivity contribution < 1.29 is 18.9 Å². The van der Waals surface area contributed by atoms with Crippen molar-refractivity contribution >= 4 is 11.7 Å². The Morgan fingerprint density at radius 3 is 2.32 bits per heavy atom. The van der Waals surface area contributed by atoms with Gasteiger partial charge in [0.1, 0.15) is 11.5 Å². The Bertz CT molecular complexity index is 889. The summed E-state index contributed by atoms with van der Waals surface area (Å²) >= 11 is 0. The van der Waals surface area contributed by atoms with Crippen LogP contribution in [0.15, 0.2) is 53.2 Å². The van der Waals surface area contributed by atoms with Crippen LogP contribution in [0.4, 0.5) is 5.82 Å². The second kappa shape index (κ2) is 9.55. The molecule has 1 N–H and O–H groups in total. The van der Waals surface area contributed by atoms with Crippen molar-refractivity contribution in [2.24, 2.45) is 0 Å². The van der Waals surface area contributed by atoms with Gasteiger partial charge in [-0.05, 0) is 72.2 Å². The minimum atomic E-state index is -0.306. The molecule has 0 radical (unpaired) electrons. The summed E-state index contributed by atoms with van der Waals surface area (Å²) in [6, 6.07) is 14.3. The molecule has 1 amide bonds. The lowest BCUT2D eigenvalue weighted by Gasteiger charge is -2.07. The predicted molar refractivity (Wildman–Crippen MR) is 106 cm³/mol. The Kier molecular flexibility index (Phi) is 6.62. The normalized spacial score (nSPS) is 10.5. The first-order valence-electron chi connectivity index (χ1n) is 9.31. The van der Waals surface area contributed by atoms with E-state index in [2.05, 4.69) is 22.6 Å². The van der Waals surface area contributed by atoms with Gasteiger partial charge in [0.2, 0.25) is 5.82 Å². The summed E-state index contributed by atoms with van der Waals surface area (Å²) in [6.45, 7) is 5.28. The maximum absolute atomic E-state index is 12.5. The van der Waals surface area contributed by atoms with Crippen molar-refractivity contribution in [3.63, 3.8) is 0 Å². The Hall–Kier alpha value is -3.35. The van der Waals surface area contributed by atoms with Crippen LogP contribution in [0.5, 0.6) is 11.5 Å². The van der Waals surface area contributed by atoms with Gasteiger partial charge in [0.15, 0.2) is 5.69 Å². The fourth-order valence-corrected chi connectivity index (χ4v) is 2.55. The SMILES string of the molecule is CCCCOc1ccc(-c2nonc2NC(=O)c2ccc(OCC)cc2)cc1. The predicted octanol–water partition coefficient (Wildman–Crippen LogP) is 4.57. The Labute approximate surface area is 163 Å². The fourth-order valence-electron chi connectivity index (χ4n) is 2.55. The highest BCUT2D eigenvalue weighted by molar-refractivity contribution is 6.05. The molecule has 7 heteroatoms. The molecule has 0 saturated heterocycles. The molecule has 3 aromatic rings. The van der Waals surface area contributed by atoms with E-state index in [1.54, 1.807) is 24.3 Å². The number of unbranched alkanes of at least 4 members (excludes halogenated alkanes) is 1. The number of carbonyl (C=O) groups excluding carboxylic acids is 1. The summed E-state index contributed by atoms with van der Waals surface area (Å²) in [7, 11) is 0. The van der Waals surface area contributed by atoms with Gasteiger partial charge in [-0.1, -0.05) is 13.3 Å². The van der Waals surface area contributed by atoms with Gasteiger partial charge in [-0.2, -0.15) is 0 Å². The highest BCUT2D eigenvalue weighted by Gasteiger charge is 2.16. The highest BCUT2D eigenvalue weighted by atomic mass is 16.6. The summed E-state index contributed by atoms with van der Waals surface area (Å²) < 4.78 is 15.9. The van der Waals surface area contributed by atoms with Crippen LogP contribution in [-0.4, -0.2) is 29.4 Å².